The van der Waals surface area contributed by atoms with E-state index in [1.54, 1.807) is 0 Å². The summed E-state index contributed by atoms with van der Waals surface area (Å²) in [5, 5.41) is 8.54. The molecule has 0 fully saturated rings. The van der Waals surface area contributed by atoms with Crippen LogP contribution < -0.4 is 0 Å². The summed E-state index contributed by atoms with van der Waals surface area (Å²) in [6.45, 7) is 1.50. The lowest BCUT2D eigenvalue weighted by atomic mass is 10.0. The fraction of sp³-hybridized carbons (Fsp3) is 0.250. The van der Waals surface area contributed by atoms with E-state index in [0.29, 0.717) is 5.56 Å². The Hall–Kier alpha value is -2.02. The number of halogens is 1. The number of rotatable bonds is 4. The molecule has 0 aliphatic rings. The van der Waals surface area contributed by atoms with Crippen LogP contribution in [-0.2, 0) is 4.79 Å². The molecule has 0 saturated carbocycles. The SMILES string of the molecule is CCC(=O)C(F)C(=O)c1ccc(C#N)cc1. The van der Waals surface area contributed by atoms with Gasteiger partial charge in [-0.3, -0.25) is 9.59 Å². The van der Waals surface area contributed by atoms with Crippen molar-refractivity contribution < 1.29 is 14.0 Å². The topological polar surface area (TPSA) is 57.9 Å². The molecule has 0 saturated heterocycles. The summed E-state index contributed by atoms with van der Waals surface area (Å²) in [5.74, 6) is -1.58. The van der Waals surface area contributed by atoms with Crippen molar-refractivity contribution in [3.8, 4) is 6.07 Å². The molecule has 0 heterocycles. The Balaban J connectivity index is 2.89. The Morgan fingerprint density at radius 3 is 2.38 bits per heavy atom. The molecule has 0 aromatic heterocycles. The van der Waals surface area contributed by atoms with Crippen LogP contribution >= 0.6 is 0 Å². The van der Waals surface area contributed by atoms with E-state index in [-0.39, 0.29) is 12.0 Å². The third-order valence-electron chi connectivity index (χ3n) is 2.16. The van der Waals surface area contributed by atoms with Crippen LogP contribution in [0.15, 0.2) is 24.3 Å². The second kappa shape index (κ2) is 5.17. The number of nitriles is 1. The molecule has 1 aromatic carbocycles. The normalized spacial score (nSPS) is 11.6. The fourth-order valence-electron chi connectivity index (χ4n) is 1.18. The minimum Gasteiger partial charge on any atom is -0.296 e. The van der Waals surface area contributed by atoms with Crippen LogP contribution in [0.1, 0.15) is 29.3 Å². The van der Waals surface area contributed by atoms with Crippen molar-refractivity contribution in [2.75, 3.05) is 0 Å². The number of ketones is 2. The maximum atomic E-state index is 13.3. The maximum absolute atomic E-state index is 13.3. The summed E-state index contributed by atoms with van der Waals surface area (Å²) < 4.78 is 13.3. The van der Waals surface area contributed by atoms with Crippen molar-refractivity contribution >= 4 is 11.6 Å². The monoisotopic (exact) mass is 219 g/mol. The lowest BCUT2D eigenvalue weighted by molar-refractivity contribution is -0.121. The number of carbonyl (C=O) groups is 2. The smallest absolute Gasteiger partial charge is 0.220 e. The van der Waals surface area contributed by atoms with Gasteiger partial charge in [0.05, 0.1) is 11.6 Å². The van der Waals surface area contributed by atoms with Crippen LogP contribution in [-0.4, -0.2) is 17.7 Å². The van der Waals surface area contributed by atoms with Crippen LogP contribution in [0.4, 0.5) is 4.39 Å². The van der Waals surface area contributed by atoms with Gasteiger partial charge in [-0.25, -0.2) is 4.39 Å². The molecule has 82 valence electrons. The third kappa shape index (κ3) is 2.51. The van der Waals surface area contributed by atoms with Crippen LogP contribution in [0, 0.1) is 11.3 Å². The molecule has 0 amide bonds. The summed E-state index contributed by atoms with van der Waals surface area (Å²) >= 11 is 0. The Kier molecular flexibility index (Phi) is 3.90. The number of carbonyl (C=O) groups excluding carboxylic acids is 2. The zero-order valence-corrected chi connectivity index (χ0v) is 8.74. The van der Waals surface area contributed by atoms with Gasteiger partial charge in [0.1, 0.15) is 0 Å². The van der Waals surface area contributed by atoms with Crippen LogP contribution in [0.2, 0.25) is 0 Å². The minimum absolute atomic E-state index is 0.0107. The molecule has 1 unspecified atom stereocenters. The molecule has 0 aliphatic heterocycles. The predicted molar refractivity (Wildman–Crippen MR) is 55.7 cm³/mol. The van der Waals surface area contributed by atoms with E-state index in [1.165, 1.54) is 31.2 Å². The number of hydrogen-bond acceptors (Lipinski definition) is 3. The van der Waals surface area contributed by atoms with Gasteiger partial charge in [-0.1, -0.05) is 6.92 Å². The Morgan fingerprint density at radius 1 is 1.38 bits per heavy atom. The molecular formula is C12H10FNO2. The average molecular weight is 219 g/mol. The molecule has 0 N–H and O–H groups in total. The van der Waals surface area contributed by atoms with Crippen molar-refractivity contribution in [1.82, 2.24) is 0 Å². The van der Waals surface area contributed by atoms with Crippen LogP contribution in [0.5, 0.6) is 0 Å². The number of alkyl halides is 1. The van der Waals surface area contributed by atoms with Gasteiger partial charge in [0, 0.05) is 12.0 Å². The molecule has 1 rings (SSSR count). The van der Waals surface area contributed by atoms with Crippen molar-refractivity contribution in [2.24, 2.45) is 0 Å². The summed E-state index contributed by atoms with van der Waals surface area (Å²) in [4.78, 5) is 22.5. The van der Waals surface area contributed by atoms with E-state index in [4.69, 9.17) is 5.26 Å². The van der Waals surface area contributed by atoms with Crippen molar-refractivity contribution in [3.63, 3.8) is 0 Å². The van der Waals surface area contributed by atoms with E-state index in [9.17, 15) is 14.0 Å². The average Bonchev–Trinajstić information content (AvgIpc) is 2.36. The Bertz CT molecular complexity index is 445. The first kappa shape index (κ1) is 12.1. The minimum atomic E-state index is -2.10. The highest BCUT2D eigenvalue weighted by Gasteiger charge is 2.25. The first-order valence-corrected chi connectivity index (χ1v) is 4.81. The maximum Gasteiger partial charge on any atom is 0.220 e. The zero-order valence-electron chi connectivity index (χ0n) is 8.74. The first-order valence-electron chi connectivity index (χ1n) is 4.81. The number of hydrogen-bond donors (Lipinski definition) is 0. The van der Waals surface area contributed by atoms with Gasteiger partial charge < -0.3 is 0 Å². The predicted octanol–water partition coefficient (Wildman–Crippen LogP) is 2.06. The summed E-state index contributed by atoms with van der Waals surface area (Å²) in [6.07, 6.45) is -2.11. The van der Waals surface area contributed by atoms with E-state index >= 15 is 0 Å². The van der Waals surface area contributed by atoms with Crippen molar-refractivity contribution in [1.29, 1.82) is 5.26 Å². The molecule has 4 heteroatoms. The number of benzene rings is 1. The molecule has 0 radical (unpaired) electrons. The molecule has 1 atom stereocenters. The van der Waals surface area contributed by atoms with E-state index in [2.05, 4.69) is 0 Å². The second-order valence-electron chi connectivity index (χ2n) is 3.24. The number of Topliss-reactive ketones (excluding diaryl/α,β-unsaturated/α-hetero) is 2. The lowest BCUT2D eigenvalue weighted by Crippen LogP contribution is -2.25. The van der Waals surface area contributed by atoms with Gasteiger partial charge in [0.2, 0.25) is 12.0 Å². The van der Waals surface area contributed by atoms with Gasteiger partial charge in [0.25, 0.3) is 0 Å². The van der Waals surface area contributed by atoms with Crippen molar-refractivity contribution in [3.05, 3.63) is 35.4 Å². The summed E-state index contributed by atoms with van der Waals surface area (Å²) in [5.41, 5.74) is 0.488. The molecule has 0 bridgehead atoms. The van der Waals surface area contributed by atoms with Gasteiger partial charge in [-0.05, 0) is 24.3 Å². The van der Waals surface area contributed by atoms with E-state index < -0.39 is 17.7 Å². The van der Waals surface area contributed by atoms with E-state index in [1.807, 2.05) is 6.07 Å². The fourth-order valence-corrected chi connectivity index (χ4v) is 1.18. The highest BCUT2D eigenvalue weighted by molar-refractivity contribution is 6.13. The quantitative estimate of drug-likeness (QED) is 0.575. The molecular weight excluding hydrogens is 209 g/mol. The largest absolute Gasteiger partial charge is 0.296 e. The first-order chi connectivity index (χ1) is 7.60. The zero-order chi connectivity index (χ0) is 12.1. The van der Waals surface area contributed by atoms with Gasteiger partial charge in [-0.15, -0.1) is 0 Å². The Labute approximate surface area is 92.5 Å². The van der Waals surface area contributed by atoms with Gasteiger partial charge >= 0.3 is 0 Å². The molecule has 3 nitrogen and oxygen atoms in total. The van der Waals surface area contributed by atoms with Crippen LogP contribution in [0.3, 0.4) is 0 Å². The third-order valence-corrected chi connectivity index (χ3v) is 2.16. The van der Waals surface area contributed by atoms with Crippen LogP contribution in [0.25, 0.3) is 0 Å². The Morgan fingerprint density at radius 2 is 1.94 bits per heavy atom. The molecule has 0 spiro atoms. The molecule has 1 aromatic rings. The summed E-state index contributed by atoms with van der Waals surface area (Å²) in [6, 6.07) is 7.40. The highest BCUT2D eigenvalue weighted by atomic mass is 19.1. The van der Waals surface area contributed by atoms with E-state index in [0.717, 1.165) is 0 Å². The highest BCUT2D eigenvalue weighted by Crippen LogP contribution is 2.10. The molecule has 0 aliphatic carbocycles. The van der Waals surface area contributed by atoms with Crippen molar-refractivity contribution in [2.45, 2.75) is 19.5 Å². The number of nitrogens with zero attached hydrogens (tertiary/aromatic N) is 1. The summed E-state index contributed by atoms with van der Waals surface area (Å²) in [7, 11) is 0. The standard InChI is InChI=1S/C12H10FNO2/c1-2-10(15)11(13)12(16)9-5-3-8(7-14)4-6-9/h3-6,11H,2H2,1H3. The molecule has 16 heavy (non-hydrogen) atoms. The lowest BCUT2D eigenvalue weighted by Gasteiger charge is -2.04. The van der Waals surface area contributed by atoms with Gasteiger partial charge in [0.15, 0.2) is 5.78 Å². The second-order valence-corrected chi connectivity index (χ2v) is 3.24. The van der Waals surface area contributed by atoms with Gasteiger partial charge in [-0.2, -0.15) is 5.26 Å².